The van der Waals surface area contributed by atoms with Crippen molar-refractivity contribution in [3.05, 3.63) is 0 Å². The highest BCUT2D eigenvalue weighted by Gasteiger charge is 2.51. The molecule has 1 unspecified atom stereocenters. The SMILES string of the molecule is O=C(CC12CC3CC(CC(C3)C1)C2)N1CCCCC1CCO. The lowest BCUT2D eigenvalue weighted by Gasteiger charge is -2.57. The molecule has 0 aromatic heterocycles. The van der Waals surface area contributed by atoms with Crippen LogP contribution in [-0.2, 0) is 4.79 Å². The second-order valence-corrected chi connectivity index (χ2v) is 8.84. The number of carbonyl (C=O) groups excluding carboxylic acids is 1. The molecule has 3 heteroatoms. The van der Waals surface area contributed by atoms with Crippen LogP contribution in [0.3, 0.4) is 0 Å². The molecule has 4 bridgehead atoms. The van der Waals surface area contributed by atoms with Gasteiger partial charge in [-0.25, -0.2) is 0 Å². The van der Waals surface area contributed by atoms with Crippen LogP contribution in [0.1, 0.15) is 70.6 Å². The summed E-state index contributed by atoms with van der Waals surface area (Å²) in [5.41, 5.74) is 0.354. The average molecular weight is 305 g/mol. The van der Waals surface area contributed by atoms with Crippen molar-refractivity contribution in [2.24, 2.45) is 23.2 Å². The molecular weight excluding hydrogens is 274 g/mol. The molecule has 22 heavy (non-hydrogen) atoms. The van der Waals surface area contributed by atoms with Gasteiger partial charge in [0.15, 0.2) is 0 Å². The summed E-state index contributed by atoms with van der Waals surface area (Å²) in [6.07, 6.45) is 13.3. The van der Waals surface area contributed by atoms with Crippen molar-refractivity contribution in [2.45, 2.75) is 76.7 Å². The van der Waals surface area contributed by atoms with E-state index in [0.717, 1.165) is 50.0 Å². The molecule has 3 nitrogen and oxygen atoms in total. The van der Waals surface area contributed by atoms with Crippen LogP contribution in [0.25, 0.3) is 0 Å². The molecule has 4 aliphatic carbocycles. The van der Waals surface area contributed by atoms with Crippen molar-refractivity contribution in [2.75, 3.05) is 13.2 Å². The molecule has 1 atom stereocenters. The molecule has 1 aliphatic heterocycles. The minimum atomic E-state index is 0.214. The first-order valence-electron chi connectivity index (χ1n) is 9.58. The van der Waals surface area contributed by atoms with Gasteiger partial charge < -0.3 is 10.0 Å². The predicted molar refractivity (Wildman–Crippen MR) is 86.3 cm³/mol. The molecular formula is C19H31NO2. The first-order chi connectivity index (χ1) is 10.7. The molecule has 1 N–H and O–H groups in total. The number of aliphatic hydroxyl groups is 1. The van der Waals surface area contributed by atoms with Crippen molar-refractivity contribution in [3.8, 4) is 0 Å². The van der Waals surface area contributed by atoms with Gasteiger partial charge in [-0.3, -0.25) is 4.79 Å². The third kappa shape index (κ3) is 2.70. The summed E-state index contributed by atoms with van der Waals surface area (Å²) in [6.45, 7) is 1.14. The first-order valence-corrected chi connectivity index (χ1v) is 9.58. The number of nitrogens with zero attached hydrogens (tertiary/aromatic N) is 1. The number of amides is 1. The van der Waals surface area contributed by atoms with Crippen LogP contribution in [-0.4, -0.2) is 35.1 Å². The summed E-state index contributed by atoms with van der Waals surface area (Å²) in [5, 5.41) is 9.28. The smallest absolute Gasteiger partial charge is 0.223 e. The van der Waals surface area contributed by atoms with E-state index in [9.17, 15) is 9.90 Å². The molecule has 5 fully saturated rings. The van der Waals surface area contributed by atoms with E-state index in [0.29, 0.717) is 17.4 Å². The third-order valence-electron chi connectivity index (χ3n) is 7.10. The molecule has 5 aliphatic rings. The van der Waals surface area contributed by atoms with E-state index in [1.54, 1.807) is 0 Å². The maximum atomic E-state index is 13.0. The zero-order valence-electron chi connectivity index (χ0n) is 13.8. The molecule has 1 heterocycles. The van der Waals surface area contributed by atoms with E-state index in [1.807, 2.05) is 0 Å². The van der Waals surface area contributed by atoms with Gasteiger partial charge in [0, 0.05) is 25.6 Å². The van der Waals surface area contributed by atoms with Gasteiger partial charge in [-0.15, -0.1) is 0 Å². The molecule has 0 radical (unpaired) electrons. The summed E-state index contributed by atoms with van der Waals surface area (Å²) in [6, 6.07) is 0.306. The number of hydrogen-bond acceptors (Lipinski definition) is 2. The normalized spacial score (nSPS) is 43.6. The highest BCUT2D eigenvalue weighted by molar-refractivity contribution is 5.77. The van der Waals surface area contributed by atoms with Crippen molar-refractivity contribution in [1.82, 2.24) is 4.90 Å². The van der Waals surface area contributed by atoms with Crippen LogP contribution < -0.4 is 0 Å². The summed E-state index contributed by atoms with van der Waals surface area (Å²) in [7, 11) is 0. The van der Waals surface area contributed by atoms with Gasteiger partial charge in [-0.05, 0) is 87.4 Å². The number of rotatable bonds is 4. The second kappa shape index (κ2) is 5.81. The van der Waals surface area contributed by atoms with Gasteiger partial charge in [0.05, 0.1) is 0 Å². The third-order valence-corrected chi connectivity index (χ3v) is 7.10. The van der Waals surface area contributed by atoms with Gasteiger partial charge in [0.1, 0.15) is 0 Å². The van der Waals surface area contributed by atoms with Crippen LogP contribution in [0, 0.1) is 23.2 Å². The van der Waals surface area contributed by atoms with Gasteiger partial charge in [0.25, 0.3) is 0 Å². The Morgan fingerprint density at radius 3 is 2.27 bits per heavy atom. The molecule has 0 spiro atoms. The fourth-order valence-corrected chi connectivity index (χ4v) is 6.71. The Balaban J connectivity index is 1.45. The van der Waals surface area contributed by atoms with Crippen molar-refractivity contribution >= 4 is 5.91 Å². The fraction of sp³-hybridized carbons (Fsp3) is 0.947. The Hall–Kier alpha value is -0.570. The lowest BCUT2D eigenvalue weighted by atomic mass is 9.49. The van der Waals surface area contributed by atoms with Crippen molar-refractivity contribution in [3.63, 3.8) is 0 Å². The quantitative estimate of drug-likeness (QED) is 0.865. The van der Waals surface area contributed by atoms with Crippen LogP contribution in [0.4, 0.5) is 0 Å². The number of hydrogen-bond donors (Lipinski definition) is 1. The highest BCUT2D eigenvalue weighted by atomic mass is 16.3. The topological polar surface area (TPSA) is 40.5 Å². The van der Waals surface area contributed by atoms with Crippen LogP contribution in [0.2, 0.25) is 0 Å². The van der Waals surface area contributed by atoms with Crippen molar-refractivity contribution < 1.29 is 9.90 Å². The van der Waals surface area contributed by atoms with Crippen molar-refractivity contribution in [1.29, 1.82) is 0 Å². The largest absolute Gasteiger partial charge is 0.396 e. The Kier molecular flexibility index (Phi) is 3.96. The zero-order chi connectivity index (χ0) is 15.2. The van der Waals surface area contributed by atoms with Crippen LogP contribution in [0.5, 0.6) is 0 Å². The van der Waals surface area contributed by atoms with Crippen LogP contribution in [0.15, 0.2) is 0 Å². The minimum Gasteiger partial charge on any atom is -0.396 e. The van der Waals surface area contributed by atoms with E-state index in [4.69, 9.17) is 0 Å². The summed E-state index contributed by atoms with van der Waals surface area (Å²) < 4.78 is 0. The average Bonchev–Trinajstić information content (AvgIpc) is 2.46. The molecule has 4 saturated carbocycles. The monoisotopic (exact) mass is 305 g/mol. The molecule has 0 aromatic rings. The number of carbonyl (C=O) groups is 1. The molecule has 1 saturated heterocycles. The first kappa shape index (κ1) is 15.0. The van der Waals surface area contributed by atoms with E-state index >= 15 is 0 Å². The standard InChI is InChI=1S/C19H31NO2/c21-6-4-17-3-1-2-5-20(17)18(22)13-19-10-14-7-15(11-19)9-16(8-14)12-19/h14-17,21H,1-13H2. The predicted octanol–water partition coefficient (Wildman–Crippen LogP) is 3.36. The van der Waals surface area contributed by atoms with E-state index in [-0.39, 0.29) is 6.61 Å². The summed E-state index contributed by atoms with van der Waals surface area (Å²) >= 11 is 0. The summed E-state index contributed by atoms with van der Waals surface area (Å²) in [4.78, 5) is 15.1. The minimum absolute atomic E-state index is 0.214. The number of likely N-dealkylation sites (tertiary alicyclic amines) is 1. The summed E-state index contributed by atoms with van der Waals surface area (Å²) in [5.74, 6) is 3.18. The highest BCUT2D eigenvalue weighted by Crippen LogP contribution is 2.61. The Labute approximate surface area is 134 Å². The van der Waals surface area contributed by atoms with Gasteiger partial charge in [0.2, 0.25) is 5.91 Å². The lowest BCUT2D eigenvalue weighted by molar-refractivity contribution is -0.143. The second-order valence-electron chi connectivity index (χ2n) is 8.84. The van der Waals surface area contributed by atoms with Crippen LogP contribution >= 0.6 is 0 Å². The van der Waals surface area contributed by atoms with Gasteiger partial charge in [-0.1, -0.05) is 0 Å². The Morgan fingerprint density at radius 1 is 1.05 bits per heavy atom. The lowest BCUT2D eigenvalue weighted by Crippen LogP contribution is -2.50. The van der Waals surface area contributed by atoms with E-state index in [1.165, 1.54) is 44.9 Å². The Bertz CT molecular complexity index is 396. The Morgan fingerprint density at radius 2 is 1.68 bits per heavy atom. The number of piperidine rings is 1. The maximum absolute atomic E-state index is 13.0. The molecule has 5 rings (SSSR count). The molecule has 0 aromatic carbocycles. The molecule has 124 valence electrons. The molecule has 1 amide bonds. The zero-order valence-corrected chi connectivity index (χ0v) is 13.8. The maximum Gasteiger partial charge on any atom is 0.223 e. The van der Waals surface area contributed by atoms with E-state index < -0.39 is 0 Å². The number of aliphatic hydroxyl groups excluding tert-OH is 1. The fourth-order valence-electron chi connectivity index (χ4n) is 6.71. The van der Waals surface area contributed by atoms with E-state index in [2.05, 4.69) is 4.90 Å². The van der Waals surface area contributed by atoms with Gasteiger partial charge in [-0.2, -0.15) is 0 Å². The van der Waals surface area contributed by atoms with Gasteiger partial charge >= 0.3 is 0 Å².